The molecule has 0 saturated carbocycles. The first kappa shape index (κ1) is 12.3. The van der Waals surface area contributed by atoms with Gasteiger partial charge in [0.05, 0.1) is 19.8 Å². The van der Waals surface area contributed by atoms with Gasteiger partial charge in [-0.05, 0) is 18.6 Å². The quantitative estimate of drug-likeness (QED) is 0.472. The van der Waals surface area contributed by atoms with Crippen LogP contribution in [0.5, 0.6) is 11.5 Å². The molecule has 88 valence electrons. The summed E-state index contributed by atoms with van der Waals surface area (Å²) < 4.78 is 10.3. The number of amides is 1. The van der Waals surface area contributed by atoms with Gasteiger partial charge in [-0.25, -0.2) is 5.84 Å². The highest BCUT2D eigenvalue weighted by Crippen LogP contribution is 2.28. The van der Waals surface area contributed by atoms with Gasteiger partial charge in [0, 0.05) is 13.1 Å². The molecule has 0 saturated heterocycles. The summed E-state index contributed by atoms with van der Waals surface area (Å²) in [5.41, 5.74) is 1.21. The minimum atomic E-state index is -0.294. The predicted octanol–water partition coefficient (Wildman–Crippen LogP) is 0.958. The van der Waals surface area contributed by atoms with Crippen molar-refractivity contribution in [3.63, 3.8) is 0 Å². The standard InChI is InChI=1S/C11H16N2O3/c1-7-5-8(15-3)6-9(16-4)10(7)11(14)13(2)12/h5-6H,12H2,1-4H3. The number of ether oxygens (including phenoxy) is 2. The summed E-state index contributed by atoms with van der Waals surface area (Å²) in [5, 5.41) is 1.03. The lowest BCUT2D eigenvalue weighted by Crippen LogP contribution is -2.33. The summed E-state index contributed by atoms with van der Waals surface area (Å²) in [4.78, 5) is 11.8. The Morgan fingerprint density at radius 1 is 1.31 bits per heavy atom. The SMILES string of the molecule is COc1cc(C)c(C(=O)N(C)N)c(OC)c1. The van der Waals surface area contributed by atoms with Crippen LogP contribution in [0.25, 0.3) is 0 Å². The van der Waals surface area contributed by atoms with Crippen LogP contribution in [0.1, 0.15) is 15.9 Å². The topological polar surface area (TPSA) is 64.8 Å². The number of methoxy groups -OCH3 is 2. The molecule has 2 N–H and O–H groups in total. The number of rotatable bonds is 3. The molecule has 0 radical (unpaired) electrons. The minimum Gasteiger partial charge on any atom is -0.497 e. The second kappa shape index (κ2) is 4.85. The lowest BCUT2D eigenvalue weighted by molar-refractivity contribution is 0.0791. The maximum Gasteiger partial charge on any atom is 0.271 e. The van der Waals surface area contributed by atoms with Gasteiger partial charge in [0.1, 0.15) is 11.5 Å². The van der Waals surface area contributed by atoms with Crippen molar-refractivity contribution in [3.8, 4) is 11.5 Å². The first-order valence-electron chi connectivity index (χ1n) is 4.76. The molecule has 0 heterocycles. The van der Waals surface area contributed by atoms with Gasteiger partial charge >= 0.3 is 0 Å². The van der Waals surface area contributed by atoms with Crippen molar-refractivity contribution in [2.24, 2.45) is 5.84 Å². The van der Waals surface area contributed by atoms with Crippen LogP contribution in [-0.2, 0) is 0 Å². The number of aryl methyl sites for hydroxylation is 1. The van der Waals surface area contributed by atoms with E-state index in [0.29, 0.717) is 17.1 Å². The van der Waals surface area contributed by atoms with Crippen LogP contribution in [0.2, 0.25) is 0 Å². The fraction of sp³-hybridized carbons (Fsp3) is 0.364. The molecule has 0 aliphatic rings. The van der Waals surface area contributed by atoms with E-state index in [1.54, 1.807) is 19.2 Å². The molecule has 0 fully saturated rings. The van der Waals surface area contributed by atoms with E-state index in [9.17, 15) is 4.79 Å². The van der Waals surface area contributed by atoms with Gasteiger partial charge in [-0.15, -0.1) is 0 Å². The largest absolute Gasteiger partial charge is 0.497 e. The fourth-order valence-corrected chi connectivity index (χ4v) is 1.45. The monoisotopic (exact) mass is 224 g/mol. The zero-order valence-corrected chi connectivity index (χ0v) is 9.90. The normalized spacial score (nSPS) is 9.81. The average molecular weight is 224 g/mol. The molecular formula is C11H16N2O3. The lowest BCUT2D eigenvalue weighted by Gasteiger charge is -2.16. The van der Waals surface area contributed by atoms with Gasteiger partial charge < -0.3 is 9.47 Å². The van der Waals surface area contributed by atoms with E-state index in [-0.39, 0.29) is 5.91 Å². The van der Waals surface area contributed by atoms with Crippen molar-refractivity contribution < 1.29 is 14.3 Å². The van der Waals surface area contributed by atoms with Gasteiger partial charge in [-0.2, -0.15) is 0 Å². The summed E-state index contributed by atoms with van der Waals surface area (Å²) in [7, 11) is 4.55. The van der Waals surface area contributed by atoms with Crippen molar-refractivity contribution in [3.05, 3.63) is 23.3 Å². The third-order valence-corrected chi connectivity index (χ3v) is 2.26. The number of hydrogen-bond donors (Lipinski definition) is 1. The molecule has 0 atom stereocenters. The predicted molar refractivity (Wildman–Crippen MR) is 60.6 cm³/mol. The third kappa shape index (κ3) is 2.25. The second-order valence-electron chi connectivity index (χ2n) is 3.44. The molecule has 1 aromatic carbocycles. The number of nitrogens with two attached hydrogens (primary N) is 1. The van der Waals surface area contributed by atoms with Crippen molar-refractivity contribution in [1.82, 2.24) is 5.01 Å². The highest BCUT2D eigenvalue weighted by molar-refractivity contribution is 5.98. The zero-order chi connectivity index (χ0) is 12.3. The lowest BCUT2D eigenvalue weighted by atomic mass is 10.1. The molecule has 1 aromatic rings. The van der Waals surface area contributed by atoms with Crippen LogP contribution in [0.4, 0.5) is 0 Å². The number of benzene rings is 1. The van der Waals surface area contributed by atoms with Crippen molar-refractivity contribution in [1.29, 1.82) is 0 Å². The Morgan fingerprint density at radius 2 is 1.94 bits per heavy atom. The third-order valence-electron chi connectivity index (χ3n) is 2.26. The second-order valence-corrected chi connectivity index (χ2v) is 3.44. The molecule has 0 aliphatic carbocycles. The molecule has 0 aromatic heterocycles. The summed E-state index contributed by atoms with van der Waals surface area (Å²) in [6.07, 6.45) is 0. The molecule has 0 spiro atoms. The van der Waals surface area contributed by atoms with Crippen LogP contribution in [-0.4, -0.2) is 32.2 Å². The van der Waals surface area contributed by atoms with Gasteiger partial charge in [0.15, 0.2) is 0 Å². The first-order valence-corrected chi connectivity index (χ1v) is 4.76. The fourth-order valence-electron chi connectivity index (χ4n) is 1.45. The number of carbonyl (C=O) groups excluding carboxylic acids is 1. The zero-order valence-electron chi connectivity index (χ0n) is 9.90. The van der Waals surface area contributed by atoms with E-state index >= 15 is 0 Å². The maximum absolute atomic E-state index is 11.8. The molecule has 1 rings (SSSR count). The first-order chi connectivity index (χ1) is 7.51. The number of hydrogen-bond acceptors (Lipinski definition) is 4. The summed E-state index contributed by atoms with van der Waals surface area (Å²) in [5.74, 6) is 6.24. The molecule has 5 heteroatoms. The molecule has 1 amide bonds. The highest BCUT2D eigenvalue weighted by atomic mass is 16.5. The molecule has 16 heavy (non-hydrogen) atoms. The van der Waals surface area contributed by atoms with E-state index in [4.69, 9.17) is 15.3 Å². The van der Waals surface area contributed by atoms with E-state index in [0.717, 1.165) is 10.6 Å². The van der Waals surface area contributed by atoms with Crippen molar-refractivity contribution in [2.45, 2.75) is 6.92 Å². The van der Waals surface area contributed by atoms with Gasteiger partial charge in [-0.3, -0.25) is 9.80 Å². The van der Waals surface area contributed by atoms with Crippen LogP contribution < -0.4 is 15.3 Å². The Morgan fingerprint density at radius 3 is 2.38 bits per heavy atom. The van der Waals surface area contributed by atoms with Gasteiger partial charge in [0.25, 0.3) is 5.91 Å². The molecule has 0 unspecified atom stereocenters. The summed E-state index contributed by atoms with van der Waals surface area (Å²) in [6, 6.07) is 3.42. The van der Waals surface area contributed by atoms with Crippen molar-refractivity contribution in [2.75, 3.05) is 21.3 Å². The van der Waals surface area contributed by atoms with Crippen LogP contribution in [0, 0.1) is 6.92 Å². The molecular weight excluding hydrogens is 208 g/mol. The summed E-state index contributed by atoms with van der Waals surface area (Å²) >= 11 is 0. The van der Waals surface area contributed by atoms with E-state index in [2.05, 4.69) is 0 Å². The van der Waals surface area contributed by atoms with Crippen LogP contribution in [0.15, 0.2) is 12.1 Å². The Hall–Kier alpha value is -1.75. The van der Waals surface area contributed by atoms with E-state index in [1.807, 2.05) is 6.92 Å². The molecule has 0 bridgehead atoms. The maximum atomic E-state index is 11.8. The van der Waals surface area contributed by atoms with Gasteiger partial charge in [-0.1, -0.05) is 0 Å². The average Bonchev–Trinajstić information content (AvgIpc) is 2.26. The Bertz CT molecular complexity index is 402. The molecule has 5 nitrogen and oxygen atoms in total. The number of carbonyl (C=O) groups is 1. The minimum absolute atomic E-state index is 0.294. The van der Waals surface area contributed by atoms with Crippen LogP contribution >= 0.6 is 0 Å². The van der Waals surface area contributed by atoms with E-state index < -0.39 is 0 Å². The summed E-state index contributed by atoms with van der Waals surface area (Å²) in [6.45, 7) is 1.81. The smallest absolute Gasteiger partial charge is 0.271 e. The highest BCUT2D eigenvalue weighted by Gasteiger charge is 2.18. The molecule has 0 aliphatic heterocycles. The Balaban J connectivity index is 3.32. The van der Waals surface area contributed by atoms with Gasteiger partial charge in [0.2, 0.25) is 0 Å². The Labute approximate surface area is 94.7 Å². The number of nitrogens with zero attached hydrogens (tertiary/aromatic N) is 1. The number of hydrazine groups is 1. The Kier molecular flexibility index (Phi) is 3.73. The van der Waals surface area contributed by atoms with Crippen LogP contribution in [0.3, 0.4) is 0 Å². The van der Waals surface area contributed by atoms with Crippen molar-refractivity contribution >= 4 is 5.91 Å². The van der Waals surface area contributed by atoms with E-state index in [1.165, 1.54) is 14.2 Å².